The van der Waals surface area contributed by atoms with E-state index in [-0.39, 0.29) is 16.6 Å². The molecule has 11 heteroatoms. The molecule has 1 amide bonds. The fourth-order valence-electron chi connectivity index (χ4n) is 2.89. The summed E-state index contributed by atoms with van der Waals surface area (Å²) in [7, 11) is 1.40. The van der Waals surface area contributed by atoms with E-state index < -0.39 is 10.8 Å². The van der Waals surface area contributed by atoms with Crippen LogP contribution in [0.15, 0.2) is 53.0 Å². The Morgan fingerprint density at radius 2 is 2.09 bits per heavy atom. The lowest BCUT2D eigenvalue weighted by Crippen LogP contribution is -2.07. The summed E-state index contributed by atoms with van der Waals surface area (Å²) in [5, 5.41) is 14.8. The summed E-state index contributed by atoms with van der Waals surface area (Å²) >= 11 is 13.3. The zero-order chi connectivity index (χ0) is 22.8. The maximum absolute atomic E-state index is 12.3. The monoisotopic (exact) mass is 489 g/mol. The molecule has 0 saturated heterocycles. The third-order valence-corrected chi connectivity index (χ3v) is 6.09. The summed E-state index contributed by atoms with van der Waals surface area (Å²) in [6.45, 7) is 0. The Bertz CT molecular complexity index is 1380. The molecule has 2 aromatic heterocycles. The maximum atomic E-state index is 12.3. The van der Waals surface area contributed by atoms with Crippen molar-refractivity contribution in [2.24, 2.45) is 0 Å². The Morgan fingerprint density at radius 1 is 1.28 bits per heavy atom. The number of hydrogen-bond acceptors (Lipinski definition) is 7. The van der Waals surface area contributed by atoms with Crippen LogP contribution in [0, 0.1) is 10.1 Å². The number of fused-ring (bicyclic) bond motifs is 1. The number of carbonyl (C=O) groups is 1. The molecule has 32 heavy (non-hydrogen) atoms. The molecule has 2 aromatic carbocycles. The van der Waals surface area contributed by atoms with Gasteiger partial charge in [0.1, 0.15) is 17.0 Å². The highest BCUT2D eigenvalue weighted by Gasteiger charge is 2.17. The number of benzene rings is 2. The Labute approximate surface area is 195 Å². The molecule has 162 valence electrons. The van der Waals surface area contributed by atoms with Crippen molar-refractivity contribution in [2.45, 2.75) is 0 Å². The van der Waals surface area contributed by atoms with Gasteiger partial charge in [0.25, 0.3) is 5.69 Å². The molecular weight excluding hydrogens is 477 g/mol. The number of nitro groups is 1. The number of non-ortho nitro benzene ring substituents is 1. The predicted molar refractivity (Wildman–Crippen MR) is 125 cm³/mol. The van der Waals surface area contributed by atoms with E-state index in [1.165, 1.54) is 31.4 Å². The molecule has 4 rings (SSSR count). The van der Waals surface area contributed by atoms with Gasteiger partial charge in [-0.1, -0.05) is 40.6 Å². The molecule has 1 N–H and O–H groups in total. The maximum Gasteiger partial charge on any atom is 0.274 e. The lowest BCUT2D eigenvalue weighted by Gasteiger charge is -2.01. The second-order valence-corrected chi connectivity index (χ2v) is 8.21. The van der Waals surface area contributed by atoms with Crippen molar-refractivity contribution in [2.75, 3.05) is 12.4 Å². The first-order chi connectivity index (χ1) is 15.4. The summed E-state index contributed by atoms with van der Waals surface area (Å²) in [6.07, 6.45) is 2.78. The van der Waals surface area contributed by atoms with Crippen molar-refractivity contribution in [1.82, 2.24) is 4.98 Å². The Balaban J connectivity index is 1.50. The summed E-state index contributed by atoms with van der Waals surface area (Å²) < 4.78 is 11.4. The quantitative estimate of drug-likeness (QED) is 0.190. The van der Waals surface area contributed by atoms with Gasteiger partial charge in [-0.05, 0) is 30.3 Å². The van der Waals surface area contributed by atoms with Crippen LogP contribution in [0.25, 0.3) is 27.6 Å². The molecule has 0 aliphatic rings. The number of thiazole rings is 1. The minimum atomic E-state index is -0.517. The van der Waals surface area contributed by atoms with E-state index in [9.17, 15) is 14.9 Å². The molecule has 0 saturated carbocycles. The number of carbonyl (C=O) groups excluding carboxylic acids is 1. The lowest BCUT2D eigenvalue weighted by molar-refractivity contribution is -0.384. The normalized spacial score (nSPS) is 11.2. The van der Waals surface area contributed by atoms with Crippen molar-refractivity contribution >= 4 is 67.6 Å². The molecule has 0 atom stereocenters. The lowest BCUT2D eigenvalue weighted by atomic mass is 10.2. The van der Waals surface area contributed by atoms with Crippen LogP contribution in [0.5, 0.6) is 5.75 Å². The van der Waals surface area contributed by atoms with Crippen molar-refractivity contribution in [3.8, 4) is 17.1 Å². The van der Waals surface area contributed by atoms with Gasteiger partial charge in [-0.15, -0.1) is 0 Å². The highest BCUT2D eigenvalue weighted by molar-refractivity contribution is 7.22. The number of anilines is 1. The molecule has 2 heterocycles. The minimum Gasteiger partial charge on any atom is -0.494 e. The van der Waals surface area contributed by atoms with Crippen molar-refractivity contribution < 1.29 is 18.9 Å². The minimum absolute atomic E-state index is 0.121. The Kier molecular flexibility index (Phi) is 6.13. The number of nitrogens with one attached hydrogen (secondary N) is 1. The summed E-state index contributed by atoms with van der Waals surface area (Å²) in [4.78, 5) is 27.2. The van der Waals surface area contributed by atoms with Crippen LogP contribution >= 0.6 is 34.5 Å². The van der Waals surface area contributed by atoms with E-state index in [0.29, 0.717) is 37.3 Å². The van der Waals surface area contributed by atoms with Gasteiger partial charge in [0.05, 0.1) is 32.8 Å². The molecule has 0 radical (unpaired) electrons. The third-order valence-electron chi connectivity index (χ3n) is 4.35. The van der Waals surface area contributed by atoms with Crippen LogP contribution < -0.4 is 10.1 Å². The van der Waals surface area contributed by atoms with Crippen LogP contribution in [-0.4, -0.2) is 22.9 Å². The Hall–Kier alpha value is -3.40. The summed E-state index contributed by atoms with van der Waals surface area (Å²) in [5.74, 6) is 0.755. The molecule has 0 unspecified atom stereocenters. The van der Waals surface area contributed by atoms with Gasteiger partial charge in [-0.2, -0.15) is 0 Å². The third kappa shape index (κ3) is 4.45. The number of nitro benzene ring substituents is 1. The zero-order valence-corrected chi connectivity index (χ0v) is 18.6. The van der Waals surface area contributed by atoms with E-state index in [1.807, 2.05) is 0 Å². The fourth-order valence-corrected chi connectivity index (χ4v) is 4.20. The van der Waals surface area contributed by atoms with Crippen LogP contribution in [0.2, 0.25) is 10.0 Å². The molecule has 0 bridgehead atoms. The second-order valence-electron chi connectivity index (χ2n) is 6.40. The van der Waals surface area contributed by atoms with Crippen LogP contribution in [0.1, 0.15) is 5.76 Å². The highest BCUT2D eigenvalue weighted by Crippen LogP contribution is 2.36. The summed E-state index contributed by atoms with van der Waals surface area (Å²) in [5.41, 5.74) is 0.946. The molecule has 8 nitrogen and oxygen atoms in total. The smallest absolute Gasteiger partial charge is 0.274 e. The van der Waals surface area contributed by atoms with Crippen molar-refractivity contribution in [1.29, 1.82) is 0 Å². The van der Waals surface area contributed by atoms with Crippen molar-refractivity contribution in [3.05, 3.63) is 74.5 Å². The van der Waals surface area contributed by atoms with E-state index in [4.69, 9.17) is 32.4 Å². The average Bonchev–Trinajstić information content (AvgIpc) is 3.40. The van der Waals surface area contributed by atoms with Gasteiger partial charge in [0.2, 0.25) is 5.91 Å². The van der Waals surface area contributed by atoms with E-state index >= 15 is 0 Å². The number of halogens is 2. The number of nitrogens with zero attached hydrogens (tertiary/aromatic N) is 2. The highest BCUT2D eigenvalue weighted by atomic mass is 35.5. The SMILES string of the molecule is COc1cc([N+](=O)[O-])cc2sc(NC(=O)/C=C/c3ccc(-c4cccc(Cl)c4Cl)o3)nc12. The first-order valence-electron chi connectivity index (χ1n) is 9.02. The molecule has 0 aliphatic carbocycles. The second kappa shape index (κ2) is 8.99. The first-order valence-corrected chi connectivity index (χ1v) is 10.6. The number of furan rings is 1. The average molecular weight is 490 g/mol. The van der Waals surface area contributed by atoms with E-state index in [2.05, 4.69) is 10.3 Å². The Morgan fingerprint density at radius 3 is 2.84 bits per heavy atom. The van der Waals surface area contributed by atoms with Gasteiger partial charge in [0, 0.05) is 17.7 Å². The molecule has 0 spiro atoms. The predicted octanol–water partition coefficient (Wildman–Crippen LogP) is 6.43. The number of ether oxygens (including phenoxy) is 1. The van der Waals surface area contributed by atoms with Crippen LogP contribution in [0.3, 0.4) is 0 Å². The van der Waals surface area contributed by atoms with E-state index in [0.717, 1.165) is 11.3 Å². The van der Waals surface area contributed by atoms with Gasteiger partial charge >= 0.3 is 0 Å². The molecule has 0 aliphatic heterocycles. The van der Waals surface area contributed by atoms with E-state index in [1.54, 1.807) is 30.3 Å². The topological polar surface area (TPSA) is 108 Å². The van der Waals surface area contributed by atoms with Crippen molar-refractivity contribution in [3.63, 3.8) is 0 Å². The fraction of sp³-hybridized carbons (Fsp3) is 0.0476. The van der Waals surface area contributed by atoms with Gasteiger partial charge in [-0.25, -0.2) is 4.98 Å². The zero-order valence-electron chi connectivity index (χ0n) is 16.3. The largest absolute Gasteiger partial charge is 0.494 e. The molecule has 0 fully saturated rings. The van der Waals surface area contributed by atoms with Gasteiger partial charge in [-0.3, -0.25) is 20.2 Å². The number of hydrogen-bond donors (Lipinski definition) is 1. The number of aromatic nitrogens is 1. The number of methoxy groups -OCH3 is 1. The van der Waals surface area contributed by atoms with Gasteiger partial charge in [0.15, 0.2) is 10.9 Å². The van der Waals surface area contributed by atoms with Crippen LogP contribution in [0.4, 0.5) is 10.8 Å². The van der Waals surface area contributed by atoms with Crippen LogP contribution in [-0.2, 0) is 4.79 Å². The molecular formula is C21H13Cl2N3O5S. The summed E-state index contributed by atoms with van der Waals surface area (Å²) in [6, 6.07) is 11.3. The van der Waals surface area contributed by atoms with Gasteiger partial charge < -0.3 is 9.15 Å². The first kappa shape index (κ1) is 21.8. The standard InChI is InChI=1S/C21H13Cl2N3O5S/c1-30-16-9-11(26(28)29)10-17-20(16)25-21(32-17)24-18(27)8-6-12-5-7-15(31-12)13-3-2-4-14(22)19(13)23/h2-10H,1H3,(H,24,25,27)/b8-6+. The molecule has 4 aromatic rings. The number of rotatable bonds is 6. The number of amides is 1.